The van der Waals surface area contributed by atoms with E-state index in [0.717, 1.165) is 43.4 Å². The van der Waals surface area contributed by atoms with Crippen LogP contribution in [0.15, 0.2) is 24.3 Å². The van der Waals surface area contributed by atoms with Gasteiger partial charge in [0.25, 0.3) is 0 Å². The predicted octanol–water partition coefficient (Wildman–Crippen LogP) is 3.75. The molecule has 1 N–H and O–H groups in total. The zero-order valence-corrected chi connectivity index (χ0v) is 14.4. The molecule has 0 radical (unpaired) electrons. The van der Waals surface area contributed by atoms with Gasteiger partial charge < -0.3 is 15.1 Å². The Kier molecular flexibility index (Phi) is 5.65. The minimum absolute atomic E-state index is 0.0984. The standard InChI is InChI=1S/C18H26ClN3O/c19-16-7-4-8-17(13-16)21-9-11-22(12-10-21)18(23)20-14-15-5-2-1-3-6-15/h4,7-8,13,15H,1-3,5-6,9-12,14H2,(H,20,23). The highest BCUT2D eigenvalue weighted by Crippen LogP contribution is 2.23. The molecule has 1 heterocycles. The van der Waals surface area contributed by atoms with E-state index in [0.29, 0.717) is 5.92 Å². The average molecular weight is 336 g/mol. The van der Waals surface area contributed by atoms with E-state index < -0.39 is 0 Å². The van der Waals surface area contributed by atoms with Crippen LogP contribution in [0.25, 0.3) is 0 Å². The van der Waals surface area contributed by atoms with Crippen LogP contribution in [-0.4, -0.2) is 43.7 Å². The van der Waals surface area contributed by atoms with Crippen LogP contribution < -0.4 is 10.2 Å². The van der Waals surface area contributed by atoms with Crippen molar-refractivity contribution < 1.29 is 4.79 Å². The molecule has 1 aliphatic carbocycles. The molecule has 5 heteroatoms. The number of amides is 2. The Morgan fingerprint density at radius 2 is 1.87 bits per heavy atom. The van der Waals surface area contributed by atoms with Gasteiger partial charge in [0.1, 0.15) is 0 Å². The number of hydrogen-bond acceptors (Lipinski definition) is 2. The maximum absolute atomic E-state index is 12.3. The van der Waals surface area contributed by atoms with Crippen molar-refractivity contribution in [2.24, 2.45) is 5.92 Å². The van der Waals surface area contributed by atoms with Crippen LogP contribution in [0.2, 0.25) is 5.02 Å². The van der Waals surface area contributed by atoms with E-state index in [1.54, 1.807) is 0 Å². The summed E-state index contributed by atoms with van der Waals surface area (Å²) in [5.74, 6) is 0.681. The van der Waals surface area contributed by atoms with Gasteiger partial charge in [0, 0.05) is 43.4 Å². The number of benzene rings is 1. The summed E-state index contributed by atoms with van der Waals surface area (Å²) < 4.78 is 0. The summed E-state index contributed by atoms with van der Waals surface area (Å²) in [4.78, 5) is 16.5. The van der Waals surface area contributed by atoms with E-state index in [4.69, 9.17) is 11.6 Å². The molecule has 1 aromatic carbocycles. The molecule has 1 saturated carbocycles. The van der Waals surface area contributed by atoms with Crippen molar-refractivity contribution in [2.45, 2.75) is 32.1 Å². The lowest BCUT2D eigenvalue weighted by molar-refractivity contribution is 0.190. The fraction of sp³-hybridized carbons (Fsp3) is 0.611. The van der Waals surface area contributed by atoms with Crippen LogP contribution in [0.3, 0.4) is 0 Å². The summed E-state index contributed by atoms with van der Waals surface area (Å²) in [6, 6.07) is 8.02. The Balaban J connectivity index is 1.43. The van der Waals surface area contributed by atoms with Crippen LogP contribution >= 0.6 is 11.6 Å². The van der Waals surface area contributed by atoms with Gasteiger partial charge in [-0.15, -0.1) is 0 Å². The van der Waals surface area contributed by atoms with E-state index in [9.17, 15) is 4.79 Å². The smallest absolute Gasteiger partial charge is 0.317 e. The first-order valence-electron chi connectivity index (χ1n) is 8.75. The van der Waals surface area contributed by atoms with Crippen molar-refractivity contribution in [2.75, 3.05) is 37.6 Å². The summed E-state index contributed by atoms with van der Waals surface area (Å²) in [6.45, 7) is 4.09. The molecule has 2 aliphatic rings. The minimum Gasteiger partial charge on any atom is -0.368 e. The number of rotatable bonds is 3. The zero-order chi connectivity index (χ0) is 16.1. The summed E-state index contributed by atoms with van der Waals surface area (Å²) in [7, 11) is 0. The van der Waals surface area contributed by atoms with Gasteiger partial charge >= 0.3 is 6.03 Å². The van der Waals surface area contributed by atoms with Crippen LogP contribution in [0.4, 0.5) is 10.5 Å². The van der Waals surface area contributed by atoms with Crippen LogP contribution in [-0.2, 0) is 0 Å². The normalized spacial score (nSPS) is 19.7. The largest absolute Gasteiger partial charge is 0.368 e. The van der Waals surface area contributed by atoms with Crippen molar-refractivity contribution in [3.05, 3.63) is 29.3 Å². The van der Waals surface area contributed by atoms with Crippen LogP contribution in [0.1, 0.15) is 32.1 Å². The number of carbonyl (C=O) groups is 1. The first-order chi connectivity index (χ1) is 11.2. The van der Waals surface area contributed by atoms with Crippen molar-refractivity contribution in [1.82, 2.24) is 10.2 Å². The van der Waals surface area contributed by atoms with Gasteiger partial charge in [0.05, 0.1) is 0 Å². The number of carbonyl (C=O) groups excluding carboxylic acids is 1. The van der Waals surface area contributed by atoms with Gasteiger partial charge in [-0.25, -0.2) is 4.79 Å². The molecule has 0 unspecified atom stereocenters. The number of nitrogens with one attached hydrogen (secondary N) is 1. The predicted molar refractivity (Wildman–Crippen MR) is 95.2 cm³/mol. The molecule has 23 heavy (non-hydrogen) atoms. The van der Waals surface area contributed by atoms with Crippen molar-refractivity contribution in [1.29, 1.82) is 0 Å². The average Bonchev–Trinajstić information content (AvgIpc) is 2.61. The molecule has 0 aromatic heterocycles. The molecule has 4 nitrogen and oxygen atoms in total. The van der Waals surface area contributed by atoms with Crippen molar-refractivity contribution in [3.63, 3.8) is 0 Å². The fourth-order valence-corrected chi connectivity index (χ4v) is 3.76. The van der Waals surface area contributed by atoms with E-state index in [2.05, 4.69) is 16.3 Å². The fourth-order valence-electron chi connectivity index (χ4n) is 3.58. The summed E-state index contributed by atoms with van der Waals surface area (Å²) in [5, 5.41) is 3.89. The Bertz CT molecular complexity index is 523. The topological polar surface area (TPSA) is 35.6 Å². The Hall–Kier alpha value is -1.42. The van der Waals surface area contributed by atoms with Gasteiger partial charge in [0.2, 0.25) is 0 Å². The molecule has 1 aromatic rings. The second kappa shape index (κ2) is 7.91. The lowest BCUT2D eigenvalue weighted by atomic mass is 9.89. The Morgan fingerprint density at radius 1 is 1.13 bits per heavy atom. The molecule has 1 saturated heterocycles. The van der Waals surface area contributed by atoms with Crippen molar-refractivity contribution in [3.8, 4) is 0 Å². The molecule has 1 aliphatic heterocycles. The molecule has 3 rings (SSSR count). The number of anilines is 1. The number of halogens is 1. The monoisotopic (exact) mass is 335 g/mol. The van der Waals surface area contributed by atoms with Gasteiger partial charge in [-0.3, -0.25) is 0 Å². The Labute approximate surface area is 143 Å². The number of urea groups is 1. The quantitative estimate of drug-likeness (QED) is 0.913. The van der Waals surface area contributed by atoms with E-state index in [1.165, 1.54) is 32.1 Å². The van der Waals surface area contributed by atoms with Crippen molar-refractivity contribution >= 4 is 23.3 Å². The molecule has 0 spiro atoms. The minimum atomic E-state index is 0.0984. The molecule has 2 amide bonds. The number of hydrogen-bond donors (Lipinski definition) is 1. The highest BCUT2D eigenvalue weighted by Gasteiger charge is 2.22. The Morgan fingerprint density at radius 3 is 2.57 bits per heavy atom. The molecule has 126 valence electrons. The summed E-state index contributed by atoms with van der Waals surface area (Å²) >= 11 is 6.06. The number of piperazine rings is 1. The number of nitrogens with zero attached hydrogens (tertiary/aromatic N) is 2. The maximum Gasteiger partial charge on any atom is 0.317 e. The summed E-state index contributed by atoms with van der Waals surface area (Å²) in [5.41, 5.74) is 1.14. The maximum atomic E-state index is 12.3. The zero-order valence-electron chi connectivity index (χ0n) is 13.6. The molecular formula is C18H26ClN3O. The molecule has 0 bridgehead atoms. The van der Waals surface area contributed by atoms with E-state index in [-0.39, 0.29) is 6.03 Å². The molecular weight excluding hydrogens is 310 g/mol. The molecule has 2 fully saturated rings. The van der Waals surface area contributed by atoms with E-state index >= 15 is 0 Å². The third-order valence-corrected chi connectivity index (χ3v) is 5.24. The third-order valence-electron chi connectivity index (χ3n) is 5.01. The van der Waals surface area contributed by atoms with Gasteiger partial charge in [-0.2, -0.15) is 0 Å². The molecule has 0 atom stereocenters. The second-order valence-corrected chi connectivity index (χ2v) is 7.08. The first-order valence-corrected chi connectivity index (χ1v) is 9.13. The third kappa shape index (κ3) is 4.54. The highest BCUT2D eigenvalue weighted by molar-refractivity contribution is 6.30. The van der Waals surface area contributed by atoms with Gasteiger partial charge in [-0.05, 0) is 37.0 Å². The van der Waals surface area contributed by atoms with E-state index in [1.807, 2.05) is 23.1 Å². The van der Waals surface area contributed by atoms with Crippen LogP contribution in [0, 0.1) is 5.92 Å². The first kappa shape index (κ1) is 16.4. The lowest BCUT2D eigenvalue weighted by Gasteiger charge is -2.36. The van der Waals surface area contributed by atoms with Crippen LogP contribution in [0.5, 0.6) is 0 Å². The van der Waals surface area contributed by atoms with Gasteiger partial charge in [-0.1, -0.05) is 36.9 Å². The highest BCUT2D eigenvalue weighted by atomic mass is 35.5. The van der Waals surface area contributed by atoms with Gasteiger partial charge in [0.15, 0.2) is 0 Å². The SMILES string of the molecule is O=C(NCC1CCCCC1)N1CCN(c2cccc(Cl)c2)CC1. The lowest BCUT2D eigenvalue weighted by Crippen LogP contribution is -2.52. The summed E-state index contributed by atoms with van der Waals surface area (Å²) in [6.07, 6.45) is 6.53. The second-order valence-electron chi connectivity index (χ2n) is 6.64.